The first-order chi connectivity index (χ1) is 7.66. The molecule has 0 spiro atoms. The van der Waals surface area contributed by atoms with Gasteiger partial charge in [-0.25, -0.2) is 5.06 Å². The predicted octanol–water partition coefficient (Wildman–Crippen LogP) is 1.95. The fourth-order valence-electron chi connectivity index (χ4n) is 1.65. The van der Waals surface area contributed by atoms with E-state index in [0.29, 0.717) is 13.0 Å². The number of carbonyl (C=O) groups excluding carboxylic acids is 1. The monoisotopic (exact) mass is 218 g/mol. The number of carbonyl (C=O) groups is 1. The molecule has 1 aromatic carbocycles. The average molecular weight is 218 g/mol. The number of aromatic amines is 1. The van der Waals surface area contributed by atoms with Crippen LogP contribution in [0.3, 0.4) is 0 Å². The fourth-order valence-corrected chi connectivity index (χ4v) is 1.65. The maximum absolute atomic E-state index is 10.8. The Morgan fingerprint density at radius 2 is 2.19 bits per heavy atom. The Morgan fingerprint density at radius 3 is 2.88 bits per heavy atom. The topological polar surface area (TPSA) is 56.3 Å². The highest BCUT2D eigenvalue weighted by Crippen LogP contribution is 2.14. The van der Waals surface area contributed by atoms with E-state index in [1.165, 1.54) is 6.92 Å². The van der Waals surface area contributed by atoms with Crippen molar-refractivity contribution in [3.05, 3.63) is 36.0 Å². The third-order valence-corrected chi connectivity index (χ3v) is 2.54. The lowest BCUT2D eigenvalue weighted by Crippen LogP contribution is -2.26. The van der Waals surface area contributed by atoms with Gasteiger partial charge in [0, 0.05) is 24.6 Å². The molecule has 0 saturated carbocycles. The van der Waals surface area contributed by atoms with Gasteiger partial charge in [0.05, 0.1) is 6.54 Å². The lowest BCUT2D eigenvalue weighted by Gasteiger charge is -2.10. The number of amides is 1. The minimum atomic E-state index is -0.337. The lowest BCUT2D eigenvalue weighted by atomic mass is 10.2. The molecule has 1 heterocycles. The van der Waals surface area contributed by atoms with Gasteiger partial charge in [-0.1, -0.05) is 18.2 Å². The van der Waals surface area contributed by atoms with Gasteiger partial charge < -0.3 is 4.98 Å². The predicted molar refractivity (Wildman–Crippen MR) is 61.2 cm³/mol. The minimum Gasteiger partial charge on any atom is -0.358 e. The van der Waals surface area contributed by atoms with Crippen molar-refractivity contribution in [2.45, 2.75) is 13.3 Å². The first kappa shape index (κ1) is 10.7. The van der Waals surface area contributed by atoms with Crippen LogP contribution < -0.4 is 0 Å². The van der Waals surface area contributed by atoms with E-state index in [1.54, 1.807) is 0 Å². The zero-order valence-corrected chi connectivity index (χ0v) is 9.10. The Kier molecular flexibility index (Phi) is 2.92. The smallest absolute Gasteiger partial charge is 0.242 e. The molecule has 0 fully saturated rings. The number of benzene rings is 1. The summed E-state index contributed by atoms with van der Waals surface area (Å²) in [5, 5.41) is 11.1. The van der Waals surface area contributed by atoms with Gasteiger partial charge in [0.2, 0.25) is 5.91 Å². The Labute approximate surface area is 93.5 Å². The Bertz CT molecular complexity index is 471. The van der Waals surface area contributed by atoms with E-state index in [4.69, 9.17) is 0 Å². The molecule has 4 nitrogen and oxygen atoms in total. The molecule has 0 bridgehead atoms. The average Bonchev–Trinajstić information content (AvgIpc) is 2.68. The molecule has 0 radical (unpaired) electrons. The SMILES string of the molecule is CC(=O)N(O)CCc1cc2ccccc2[nH]1. The van der Waals surface area contributed by atoms with Crippen molar-refractivity contribution in [1.82, 2.24) is 10.0 Å². The molecule has 0 aliphatic heterocycles. The van der Waals surface area contributed by atoms with E-state index >= 15 is 0 Å². The number of hydrogen-bond donors (Lipinski definition) is 2. The van der Waals surface area contributed by atoms with Crippen LogP contribution in [0.2, 0.25) is 0 Å². The Balaban J connectivity index is 2.07. The zero-order valence-electron chi connectivity index (χ0n) is 9.10. The third kappa shape index (κ3) is 2.23. The van der Waals surface area contributed by atoms with Gasteiger partial charge in [0.25, 0.3) is 0 Å². The van der Waals surface area contributed by atoms with Crippen LogP contribution in [0.5, 0.6) is 0 Å². The number of nitrogens with one attached hydrogen (secondary N) is 1. The molecular weight excluding hydrogens is 204 g/mol. The van der Waals surface area contributed by atoms with Crippen LogP contribution in [-0.2, 0) is 11.2 Å². The number of H-pyrrole nitrogens is 1. The van der Waals surface area contributed by atoms with Crippen LogP contribution in [0.15, 0.2) is 30.3 Å². The summed E-state index contributed by atoms with van der Waals surface area (Å²) in [5.41, 5.74) is 2.09. The van der Waals surface area contributed by atoms with Crippen molar-refractivity contribution in [2.75, 3.05) is 6.54 Å². The molecule has 4 heteroatoms. The summed E-state index contributed by atoms with van der Waals surface area (Å²) < 4.78 is 0. The number of aromatic nitrogens is 1. The molecule has 84 valence electrons. The van der Waals surface area contributed by atoms with E-state index in [9.17, 15) is 10.0 Å². The molecule has 0 atom stereocenters. The summed E-state index contributed by atoms with van der Waals surface area (Å²) in [4.78, 5) is 14.0. The number of hydrogen-bond acceptors (Lipinski definition) is 2. The highest BCUT2D eigenvalue weighted by atomic mass is 16.5. The molecular formula is C12H14N2O2. The van der Waals surface area contributed by atoms with Gasteiger partial charge in [-0.2, -0.15) is 0 Å². The maximum Gasteiger partial charge on any atom is 0.242 e. The summed E-state index contributed by atoms with van der Waals surface area (Å²) in [6, 6.07) is 10.0. The van der Waals surface area contributed by atoms with Crippen LogP contribution in [0.1, 0.15) is 12.6 Å². The molecule has 0 unspecified atom stereocenters. The van der Waals surface area contributed by atoms with E-state index in [1.807, 2.05) is 30.3 Å². The van der Waals surface area contributed by atoms with Crippen LogP contribution in [0, 0.1) is 0 Å². The first-order valence-electron chi connectivity index (χ1n) is 5.20. The minimum absolute atomic E-state index is 0.308. The van der Waals surface area contributed by atoms with Gasteiger partial charge in [0.15, 0.2) is 0 Å². The lowest BCUT2D eigenvalue weighted by molar-refractivity contribution is -0.162. The van der Waals surface area contributed by atoms with E-state index < -0.39 is 0 Å². The van der Waals surface area contributed by atoms with E-state index in [-0.39, 0.29) is 5.91 Å². The molecule has 1 aromatic heterocycles. The van der Waals surface area contributed by atoms with Crippen molar-refractivity contribution >= 4 is 16.8 Å². The van der Waals surface area contributed by atoms with Gasteiger partial charge in [-0.3, -0.25) is 10.0 Å². The van der Waals surface area contributed by atoms with E-state index in [2.05, 4.69) is 4.98 Å². The second kappa shape index (κ2) is 4.37. The van der Waals surface area contributed by atoms with Crippen LogP contribution >= 0.6 is 0 Å². The normalized spacial score (nSPS) is 10.6. The second-order valence-corrected chi connectivity index (χ2v) is 3.77. The third-order valence-electron chi connectivity index (χ3n) is 2.54. The quantitative estimate of drug-likeness (QED) is 0.611. The van der Waals surface area contributed by atoms with Crippen LogP contribution in [-0.4, -0.2) is 27.7 Å². The molecule has 16 heavy (non-hydrogen) atoms. The van der Waals surface area contributed by atoms with Crippen molar-refractivity contribution in [1.29, 1.82) is 0 Å². The molecule has 1 amide bonds. The number of nitrogens with zero attached hydrogens (tertiary/aromatic N) is 1. The fraction of sp³-hybridized carbons (Fsp3) is 0.250. The van der Waals surface area contributed by atoms with Gasteiger partial charge in [-0.05, 0) is 17.5 Å². The van der Waals surface area contributed by atoms with Crippen molar-refractivity contribution in [2.24, 2.45) is 0 Å². The van der Waals surface area contributed by atoms with E-state index in [0.717, 1.165) is 21.7 Å². The van der Waals surface area contributed by atoms with Crippen LogP contribution in [0.25, 0.3) is 10.9 Å². The van der Waals surface area contributed by atoms with Crippen LogP contribution in [0.4, 0.5) is 0 Å². The molecule has 2 N–H and O–H groups in total. The first-order valence-corrected chi connectivity index (χ1v) is 5.20. The van der Waals surface area contributed by atoms with Gasteiger partial charge in [-0.15, -0.1) is 0 Å². The molecule has 0 aliphatic rings. The molecule has 0 aliphatic carbocycles. The number of rotatable bonds is 3. The number of hydroxylamine groups is 2. The van der Waals surface area contributed by atoms with Gasteiger partial charge >= 0.3 is 0 Å². The van der Waals surface area contributed by atoms with Crippen molar-refractivity contribution < 1.29 is 10.0 Å². The standard InChI is InChI=1S/C12H14N2O2/c1-9(15)14(16)7-6-11-8-10-4-2-3-5-12(10)13-11/h2-5,8,13,16H,6-7H2,1H3. The van der Waals surface area contributed by atoms with Crippen molar-refractivity contribution in [3.8, 4) is 0 Å². The van der Waals surface area contributed by atoms with Crippen molar-refractivity contribution in [3.63, 3.8) is 0 Å². The number of para-hydroxylation sites is 1. The molecule has 0 saturated heterocycles. The maximum atomic E-state index is 10.8. The summed E-state index contributed by atoms with van der Waals surface area (Å²) in [6.07, 6.45) is 0.616. The second-order valence-electron chi connectivity index (χ2n) is 3.77. The summed E-state index contributed by atoms with van der Waals surface area (Å²) >= 11 is 0. The zero-order chi connectivity index (χ0) is 11.5. The van der Waals surface area contributed by atoms with Gasteiger partial charge in [0.1, 0.15) is 0 Å². The Hall–Kier alpha value is -1.81. The largest absolute Gasteiger partial charge is 0.358 e. The summed E-state index contributed by atoms with van der Waals surface area (Å²) in [7, 11) is 0. The summed E-state index contributed by atoms with van der Waals surface area (Å²) in [6.45, 7) is 1.65. The number of fused-ring (bicyclic) bond motifs is 1. The summed E-state index contributed by atoms with van der Waals surface area (Å²) in [5.74, 6) is -0.337. The molecule has 2 rings (SSSR count). The highest BCUT2D eigenvalue weighted by molar-refractivity contribution is 5.80. The highest BCUT2D eigenvalue weighted by Gasteiger charge is 2.06. The Morgan fingerprint density at radius 1 is 1.44 bits per heavy atom. The molecule has 2 aromatic rings.